The number of aryl methyl sites for hydroxylation is 1. The normalized spacial score (nSPS) is 10.6. The van der Waals surface area contributed by atoms with Gasteiger partial charge in [0.25, 0.3) is 0 Å². The highest BCUT2D eigenvalue weighted by molar-refractivity contribution is 7.11. The monoisotopic (exact) mass is 275 g/mol. The number of hydrogen-bond donors (Lipinski definition) is 1. The van der Waals surface area contributed by atoms with Crippen molar-refractivity contribution in [3.63, 3.8) is 0 Å². The molecule has 1 aromatic carbocycles. The fraction of sp³-hybridized carbons (Fsp3) is 0.375. The van der Waals surface area contributed by atoms with E-state index >= 15 is 0 Å². The molecular weight excluding hydrogens is 254 g/mol. The van der Waals surface area contributed by atoms with Gasteiger partial charge in [-0.3, -0.25) is 0 Å². The van der Waals surface area contributed by atoms with E-state index in [1.54, 1.807) is 0 Å². The molecule has 0 spiro atoms. The topological polar surface area (TPSA) is 21.3 Å². The predicted octanol–water partition coefficient (Wildman–Crippen LogP) is 4.00. The fourth-order valence-electron chi connectivity index (χ4n) is 1.91. The lowest BCUT2D eigenvalue weighted by Gasteiger charge is -2.06. The Kier molecular flexibility index (Phi) is 5.43. The second kappa shape index (κ2) is 7.31. The number of ether oxygens (including phenoxy) is 1. The van der Waals surface area contributed by atoms with E-state index in [4.69, 9.17) is 4.74 Å². The van der Waals surface area contributed by atoms with E-state index in [9.17, 15) is 0 Å². The van der Waals surface area contributed by atoms with Crippen molar-refractivity contribution in [2.75, 3.05) is 6.61 Å². The van der Waals surface area contributed by atoms with E-state index in [-0.39, 0.29) is 0 Å². The minimum atomic E-state index is 0.718. The van der Waals surface area contributed by atoms with Gasteiger partial charge in [-0.25, -0.2) is 0 Å². The molecule has 0 aliphatic heterocycles. The molecule has 1 N–H and O–H groups in total. The summed E-state index contributed by atoms with van der Waals surface area (Å²) in [6.45, 7) is 6.75. The number of thiophene rings is 1. The molecule has 0 unspecified atom stereocenters. The summed E-state index contributed by atoms with van der Waals surface area (Å²) < 4.78 is 5.43. The van der Waals surface area contributed by atoms with Gasteiger partial charge >= 0.3 is 0 Å². The minimum Gasteiger partial charge on any atom is -0.494 e. The van der Waals surface area contributed by atoms with Crippen LogP contribution in [0.4, 0.5) is 0 Å². The molecule has 0 aliphatic rings. The Morgan fingerprint density at radius 3 is 2.32 bits per heavy atom. The predicted molar refractivity (Wildman–Crippen MR) is 81.9 cm³/mol. The molecule has 0 saturated heterocycles. The molecule has 2 nitrogen and oxygen atoms in total. The maximum Gasteiger partial charge on any atom is 0.119 e. The molecule has 3 heteroatoms. The number of nitrogens with one attached hydrogen (secondary N) is 1. The van der Waals surface area contributed by atoms with Crippen LogP contribution < -0.4 is 10.1 Å². The second-order valence-electron chi connectivity index (χ2n) is 4.40. The Bertz CT molecular complexity index is 490. The Labute approximate surface area is 119 Å². The first-order chi connectivity index (χ1) is 9.31. The molecular formula is C16H21NOS. The van der Waals surface area contributed by atoms with Crippen molar-refractivity contribution >= 4 is 11.3 Å². The number of benzene rings is 1. The first-order valence-electron chi connectivity index (χ1n) is 6.82. The van der Waals surface area contributed by atoms with Crippen LogP contribution in [-0.4, -0.2) is 6.61 Å². The van der Waals surface area contributed by atoms with E-state index in [1.807, 2.05) is 30.4 Å². The van der Waals surface area contributed by atoms with Crippen LogP contribution in [0.25, 0.3) is 0 Å². The highest BCUT2D eigenvalue weighted by atomic mass is 32.1. The molecule has 2 rings (SSSR count). The molecule has 102 valence electrons. The van der Waals surface area contributed by atoms with Gasteiger partial charge in [-0.05, 0) is 43.2 Å². The lowest BCUT2D eigenvalue weighted by atomic mass is 10.2. The highest BCUT2D eigenvalue weighted by Gasteiger charge is 1.99. The molecule has 0 atom stereocenters. The maximum atomic E-state index is 5.43. The van der Waals surface area contributed by atoms with Crippen LogP contribution in [0.15, 0.2) is 36.4 Å². The van der Waals surface area contributed by atoms with Gasteiger partial charge in [0.1, 0.15) is 5.75 Å². The first kappa shape index (κ1) is 14.1. The Hall–Kier alpha value is -1.32. The average molecular weight is 275 g/mol. The zero-order valence-corrected chi connectivity index (χ0v) is 12.4. The molecule has 0 saturated carbocycles. The standard InChI is InChI=1S/C16H21NOS/c1-3-15-9-10-16(19-15)12-17-11-13-5-7-14(8-6-13)18-4-2/h5-10,17H,3-4,11-12H2,1-2H3. The molecule has 0 fully saturated rings. The van der Waals surface area contributed by atoms with Gasteiger partial charge in [0.2, 0.25) is 0 Å². The Morgan fingerprint density at radius 2 is 1.68 bits per heavy atom. The Morgan fingerprint density at radius 1 is 0.947 bits per heavy atom. The summed E-state index contributed by atoms with van der Waals surface area (Å²) in [4.78, 5) is 2.86. The van der Waals surface area contributed by atoms with Crippen molar-refractivity contribution in [3.8, 4) is 5.75 Å². The summed E-state index contributed by atoms with van der Waals surface area (Å²) in [7, 11) is 0. The van der Waals surface area contributed by atoms with Gasteiger partial charge in [-0.1, -0.05) is 19.1 Å². The van der Waals surface area contributed by atoms with Gasteiger partial charge in [-0.15, -0.1) is 11.3 Å². The quantitative estimate of drug-likeness (QED) is 0.824. The first-order valence-corrected chi connectivity index (χ1v) is 7.63. The van der Waals surface area contributed by atoms with E-state index in [1.165, 1.54) is 15.3 Å². The molecule has 0 bridgehead atoms. The van der Waals surface area contributed by atoms with E-state index < -0.39 is 0 Å². The van der Waals surface area contributed by atoms with Crippen LogP contribution in [0.1, 0.15) is 29.2 Å². The summed E-state index contributed by atoms with van der Waals surface area (Å²) in [6.07, 6.45) is 1.13. The van der Waals surface area contributed by atoms with Gasteiger partial charge in [-0.2, -0.15) is 0 Å². The molecule has 19 heavy (non-hydrogen) atoms. The minimum absolute atomic E-state index is 0.718. The van der Waals surface area contributed by atoms with Crippen molar-refractivity contribution in [2.24, 2.45) is 0 Å². The zero-order chi connectivity index (χ0) is 13.5. The lowest BCUT2D eigenvalue weighted by Crippen LogP contribution is -2.11. The van der Waals surface area contributed by atoms with Crippen LogP contribution in [0, 0.1) is 0 Å². The SMILES string of the molecule is CCOc1ccc(CNCc2ccc(CC)s2)cc1. The van der Waals surface area contributed by atoms with Crippen molar-refractivity contribution in [3.05, 3.63) is 51.7 Å². The van der Waals surface area contributed by atoms with E-state index in [2.05, 4.69) is 36.5 Å². The van der Waals surface area contributed by atoms with E-state index in [0.29, 0.717) is 0 Å². The molecule has 0 amide bonds. The number of rotatable bonds is 7. The summed E-state index contributed by atoms with van der Waals surface area (Å²) in [5.41, 5.74) is 1.29. The van der Waals surface area contributed by atoms with Gasteiger partial charge in [0.15, 0.2) is 0 Å². The van der Waals surface area contributed by atoms with Crippen molar-refractivity contribution in [1.82, 2.24) is 5.32 Å². The van der Waals surface area contributed by atoms with Gasteiger partial charge < -0.3 is 10.1 Å². The third kappa shape index (κ3) is 4.37. The summed E-state index contributed by atoms with van der Waals surface area (Å²) in [5.74, 6) is 0.942. The van der Waals surface area contributed by atoms with Gasteiger partial charge in [0.05, 0.1) is 6.61 Å². The van der Waals surface area contributed by atoms with Crippen LogP contribution in [-0.2, 0) is 19.5 Å². The van der Waals surface area contributed by atoms with Crippen LogP contribution in [0.5, 0.6) is 5.75 Å². The van der Waals surface area contributed by atoms with Crippen molar-refractivity contribution in [1.29, 1.82) is 0 Å². The summed E-state index contributed by atoms with van der Waals surface area (Å²) >= 11 is 1.89. The summed E-state index contributed by atoms with van der Waals surface area (Å²) in [5, 5.41) is 3.48. The maximum absolute atomic E-state index is 5.43. The van der Waals surface area contributed by atoms with Crippen LogP contribution >= 0.6 is 11.3 Å². The van der Waals surface area contributed by atoms with E-state index in [0.717, 1.165) is 31.9 Å². The third-order valence-corrected chi connectivity index (χ3v) is 4.16. The second-order valence-corrected chi connectivity index (χ2v) is 5.65. The number of hydrogen-bond acceptors (Lipinski definition) is 3. The summed E-state index contributed by atoms with van der Waals surface area (Å²) in [6, 6.07) is 12.7. The third-order valence-electron chi connectivity index (χ3n) is 2.93. The zero-order valence-electron chi connectivity index (χ0n) is 11.6. The molecule has 2 aromatic rings. The Balaban J connectivity index is 1.78. The lowest BCUT2D eigenvalue weighted by molar-refractivity contribution is 0.340. The van der Waals surface area contributed by atoms with Crippen LogP contribution in [0.3, 0.4) is 0 Å². The average Bonchev–Trinajstić information content (AvgIpc) is 2.89. The molecule has 1 heterocycles. The molecule has 0 aliphatic carbocycles. The fourth-order valence-corrected chi connectivity index (χ4v) is 2.84. The van der Waals surface area contributed by atoms with Crippen molar-refractivity contribution < 1.29 is 4.74 Å². The highest BCUT2D eigenvalue weighted by Crippen LogP contribution is 2.17. The van der Waals surface area contributed by atoms with Crippen molar-refractivity contribution in [2.45, 2.75) is 33.4 Å². The molecule has 1 aromatic heterocycles. The largest absolute Gasteiger partial charge is 0.494 e. The smallest absolute Gasteiger partial charge is 0.119 e. The van der Waals surface area contributed by atoms with Crippen LogP contribution in [0.2, 0.25) is 0 Å². The van der Waals surface area contributed by atoms with Gasteiger partial charge in [0, 0.05) is 22.8 Å². The molecule has 0 radical (unpaired) electrons.